The molecule has 0 saturated heterocycles. The zero-order chi connectivity index (χ0) is 15.4. The van der Waals surface area contributed by atoms with Crippen molar-refractivity contribution in [2.45, 2.75) is 12.8 Å². The molecule has 0 radical (unpaired) electrons. The van der Waals surface area contributed by atoms with Crippen LogP contribution in [0.4, 0.5) is 8.78 Å². The Hall–Kier alpha value is -2.35. The Kier molecular flexibility index (Phi) is 4.38. The minimum absolute atomic E-state index is 0.0501. The number of nitrogens with zero attached hydrogens (tertiary/aromatic N) is 3. The fraction of sp³-hybridized carbons (Fsp3) is 0.214. The lowest BCUT2D eigenvalue weighted by molar-refractivity contribution is 0.0798. The molecule has 3 aromatic rings. The molecule has 5 nitrogen and oxygen atoms in total. The van der Waals surface area contributed by atoms with Gasteiger partial charge in [0.05, 0.1) is 0 Å². The van der Waals surface area contributed by atoms with Crippen molar-refractivity contribution in [2.75, 3.05) is 6.61 Å². The van der Waals surface area contributed by atoms with Crippen molar-refractivity contribution in [3.8, 4) is 17.3 Å². The van der Waals surface area contributed by atoms with Gasteiger partial charge in [0.2, 0.25) is 5.88 Å². The number of hydrogen-bond donors (Lipinski definition) is 0. The predicted octanol–water partition coefficient (Wildman–Crippen LogP) is 3.43. The second-order valence-electron chi connectivity index (χ2n) is 4.33. The molecule has 0 saturated carbocycles. The Balaban J connectivity index is 1.80. The molecular weight excluding hydrogens is 312 g/mol. The van der Waals surface area contributed by atoms with Gasteiger partial charge in [-0.2, -0.15) is 4.98 Å². The lowest BCUT2D eigenvalue weighted by Crippen LogP contribution is -2.08. The van der Waals surface area contributed by atoms with Crippen molar-refractivity contribution in [3.63, 3.8) is 0 Å². The number of ether oxygens (including phenoxy) is 1. The quantitative estimate of drug-likeness (QED) is 0.695. The van der Waals surface area contributed by atoms with Gasteiger partial charge in [-0.05, 0) is 23.6 Å². The predicted molar refractivity (Wildman–Crippen MR) is 76.2 cm³/mol. The van der Waals surface area contributed by atoms with Crippen LogP contribution in [0.5, 0.6) is 5.88 Å². The average molecular weight is 323 g/mol. The molecule has 8 heteroatoms. The van der Waals surface area contributed by atoms with Crippen molar-refractivity contribution in [1.29, 1.82) is 0 Å². The molecule has 3 aromatic heterocycles. The maximum absolute atomic E-state index is 12.3. The Morgan fingerprint density at radius 2 is 2.18 bits per heavy atom. The standard InChI is InChI=1S/C14H11F2N3O2S/c15-11(16)8-20-13-10(4-1-5-17-13)14-18-12(19-21-14)7-9-3-2-6-22-9/h1-6,11H,7-8H2. The van der Waals surface area contributed by atoms with Gasteiger partial charge in [0, 0.05) is 17.5 Å². The first-order valence-electron chi connectivity index (χ1n) is 6.43. The second-order valence-corrected chi connectivity index (χ2v) is 5.36. The summed E-state index contributed by atoms with van der Waals surface area (Å²) in [6.07, 6.45) is -0.575. The molecule has 0 amide bonds. The normalized spacial score (nSPS) is 11.0. The van der Waals surface area contributed by atoms with Gasteiger partial charge in [0.15, 0.2) is 12.4 Å². The van der Waals surface area contributed by atoms with E-state index in [2.05, 4.69) is 15.1 Å². The summed E-state index contributed by atoms with van der Waals surface area (Å²) in [7, 11) is 0. The van der Waals surface area contributed by atoms with Crippen LogP contribution in [0.25, 0.3) is 11.5 Å². The Labute approximate surface area is 128 Å². The molecule has 0 aliphatic heterocycles. The smallest absolute Gasteiger partial charge is 0.272 e. The van der Waals surface area contributed by atoms with Gasteiger partial charge >= 0.3 is 0 Å². The average Bonchev–Trinajstić information content (AvgIpc) is 3.18. The number of thiophene rings is 1. The molecule has 3 rings (SSSR count). The topological polar surface area (TPSA) is 61.0 Å². The minimum atomic E-state index is -2.58. The van der Waals surface area contributed by atoms with Crippen molar-refractivity contribution >= 4 is 11.3 Å². The first kappa shape index (κ1) is 14.6. The highest BCUT2D eigenvalue weighted by atomic mass is 32.1. The van der Waals surface area contributed by atoms with Crippen LogP contribution in [0.3, 0.4) is 0 Å². The van der Waals surface area contributed by atoms with E-state index in [4.69, 9.17) is 9.26 Å². The van der Waals surface area contributed by atoms with Gasteiger partial charge in [0.1, 0.15) is 5.56 Å². The number of pyridine rings is 1. The summed E-state index contributed by atoms with van der Waals surface area (Å²) in [5.41, 5.74) is 0.396. The molecule has 22 heavy (non-hydrogen) atoms. The van der Waals surface area contributed by atoms with E-state index in [0.717, 1.165) is 4.88 Å². The molecule has 0 atom stereocenters. The van der Waals surface area contributed by atoms with E-state index >= 15 is 0 Å². The van der Waals surface area contributed by atoms with Crippen LogP contribution in [-0.2, 0) is 6.42 Å². The molecule has 0 bridgehead atoms. The van der Waals surface area contributed by atoms with E-state index in [9.17, 15) is 8.78 Å². The molecule has 0 fully saturated rings. The number of halogens is 2. The highest BCUT2D eigenvalue weighted by molar-refractivity contribution is 7.09. The van der Waals surface area contributed by atoms with Gasteiger partial charge < -0.3 is 9.26 Å². The van der Waals surface area contributed by atoms with Crippen LogP contribution in [0.2, 0.25) is 0 Å². The first-order chi connectivity index (χ1) is 10.7. The maximum atomic E-state index is 12.3. The number of aromatic nitrogens is 3. The fourth-order valence-corrected chi connectivity index (χ4v) is 2.52. The van der Waals surface area contributed by atoms with Gasteiger partial charge in [-0.3, -0.25) is 0 Å². The van der Waals surface area contributed by atoms with Crippen LogP contribution in [0.15, 0.2) is 40.4 Å². The Morgan fingerprint density at radius 1 is 1.27 bits per heavy atom. The van der Waals surface area contributed by atoms with E-state index < -0.39 is 13.0 Å². The molecular formula is C14H11F2N3O2S. The molecule has 0 aliphatic carbocycles. The molecule has 0 N–H and O–H groups in total. The van der Waals surface area contributed by atoms with Crippen molar-refractivity contribution in [2.24, 2.45) is 0 Å². The summed E-state index contributed by atoms with van der Waals surface area (Å²) in [5, 5.41) is 5.86. The Morgan fingerprint density at radius 3 is 2.95 bits per heavy atom. The largest absolute Gasteiger partial charge is 0.471 e. The van der Waals surface area contributed by atoms with Gasteiger partial charge in [-0.25, -0.2) is 13.8 Å². The molecule has 0 aromatic carbocycles. The van der Waals surface area contributed by atoms with Gasteiger partial charge in [-0.1, -0.05) is 11.2 Å². The molecule has 0 unspecified atom stereocenters. The van der Waals surface area contributed by atoms with E-state index in [0.29, 0.717) is 17.8 Å². The fourth-order valence-electron chi connectivity index (χ4n) is 1.81. The van der Waals surface area contributed by atoms with E-state index in [1.54, 1.807) is 23.5 Å². The summed E-state index contributed by atoms with van der Waals surface area (Å²) in [6, 6.07) is 7.20. The zero-order valence-corrected chi connectivity index (χ0v) is 12.1. The molecule has 0 spiro atoms. The summed E-state index contributed by atoms with van der Waals surface area (Å²) in [5.74, 6) is 0.763. The number of alkyl halides is 2. The molecule has 3 heterocycles. The van der Waals surface area contributed by atoms with Gasteiger partial charge in [-0.15, -0.1) is 11.3 Å². The number of rotatable bonds is 6. The van der Waals surface area contributed by atoms with Gasteiger partial charge in [0.25, 0.3) is 12.3 Å². The lowest BCUT2D eigenvalue weighted by Gasteiger charge is -2.06. The third kappa shape index (κ3) is 3.45. The minimum Gasteiger partial charge on any atom is -0.471 e. The summed E-state index contributed by atoms with van der Waals surface area (Å²) >= 11 is 1.60. The summed E-state index contributed by atoms with van der Waals surface area (Å²) < 4.78 is 34.7. The monoisotopic (exact) mass is 323 g/mol. The molecule has 0 aliphatic rings. The lowest BCUT2D eigenvalue weighted by atomic mass is 10.2. The maximum Gasteiger partial charge on any atom is 0.272 e. The van der Waals surface area contributed by atoms with E-state index in [1.807, 2.05) is 17.5 Å². The van der Waals surface area contributed by atoms with Crippen LogP contribution in [0, 0.1) is 0 Å². The van der Waals surface area contributed by atoms with E-state index in [-0.39, 0.29) is 11.8 Å². The van der Waals surface area contributed by atoms with Crippen LogP contribution >= 0.6 is 11.3 Å². The van der Waals surface area contributed by atoms with Crippen LogP contribution < -0.4 is 4.74 Å². The first-order valence-corrected chi connectivity index (χ1v) is 7.31. The summed E-state index contributed by atoms with van der Waals surface area (Å²) in [4.78, 5) is 9.30. The highest BCUT2D eigenvalue weighted by Gasteiger charge is 2.16. The zero-order valence-electron chi connectivity index (χ0n) is 11.3. The third-order valence-electron chi connectivity index (χ3n) is 2.73. The SMILES string of the molecule is FC(F)COc1ncccc1-c1nc(Cc2cccs2)no1. The van der Waals surface area contributed by atoms with Crippen molar-refractivity contribution < 1.29 is 18.0 Å². The summed E-state index contributed by atoms with van der Waals surface area (Å²) in [6.45, 7) is -0.736. The van der Waals surface area contributed by atoms with Crippen molar-refractivity contribution in [3.05, 3.63) is 46.5 Å². The highest BCUT2D eigenvalue weighted by Crippen LogP contribution is 2.27. The Bertz CT molecular complexity index is 731. The van der Waals surface area contributed by atoms with Crippen LogP contribution in [-0.4, -0.2) is 28.2 Å². The molecule has 114 valence electrons. The van der Waals surface area contributed by atoms with Crippen molar-refractivity contribution in [1.82, 2.24) is 15.1 Å². The van der Waals surface area contributed by atoms with E-state index in [1.165, 1.54) is 6.20 Å². The number of hydrogen-bond acceptors (Lipinski definition) is 6. The van der Waals surface area contributed by atoms with Crippen LogP contribution in [0.1, 0.15) is 10.7 Å². The second kappa shape index (κ2) is 6.61. The third-order valence-corrected chi connectivity index (χ3v) is 3.60.